The molecule has 0 bridgehead atoms. The van der Waals surface area contributed by atoms with Gasteiger partial charge in [-0.25, -0.2) is 4.79 Å². The molecule has 0 unspecified atom stereocenters. The second kappa shape index (κ2) is 6.16. The molecule has 1 N–H and O–H groups in total. The Morgan fingerprint density at radius 2 is 1.95 bits per heavy atom. The monoisotopic (exact) mass is 283 g/mol. The fourth-order valence-electron chi connectivity index (χ4n) is 1.59. The summed E-state index contributed by atoms with van der Waals surface area (Å²) >= 11 is 0. The van der Waals surface area contributed by atoms with E-state index in [1.807, 2.05) is 0 Å². The zero-order chi connectivity index (χ0) is 15.2. The van der Waals surface area contributed by atoms with E-state index in [0.29, 0.717) is 5.75 Å². The molecule has 1 amide bonds. The number of ether oxygens (including phenoxy) is 1. The first-order valence-electron chi connectivity index (χ1n) is 5.82. The SMILES string of the molecule is N#Cc1ccc(NC(=O)Oc2ccccc2)c([N+](=O)[O-])c1. The van der Waals surface area contributed by atoms with Crippen LogP contribution in [0.4, 0.5) is 16.2 Å². The maximum atomic E-state index is 11.7. The summed E-state index contributed by atoms with van der Waals surface area (Å²) in [6.45, 7) is 0. The minimum Gasteiger partial charge on any atom is -0.410 e. The number of carbonyl (C=O) groups is 1. The summed E-state index contributed by atoms with van der Waals surface area (Å²) in [6.07, 6.45) is -0.853. The highest BCUT2D eigenvalue weighted by atomic mass is 16.6. The van der Waals surface area contributed by atoms with Crippen LogP contribution in [0.2, 0.25) is 0 Å². The van der Waals surface area contributed by atoms with E-state index in [0.717, 1.165) is 6.07 Å². The van der Waals surface area contributed by atoms with Gasteiger partial charge in [-0.3, -0.25) is 15.4 Å². The van der Waals surface area contributed by atoms with Crippen LogP contribution in [0.3, 0.4) is 0 Å². The third-order valence-electron chi connectivity index (χ3n) is 2.51. The quantitative estimate of drug-likeness (QED) is 0.688. The molecule has 0 fully saturated rings. The minimum atomic E-state index is -0.853. The highest BCUT2D eigenvalue weighted by Gasteiger charge is 2.17. The standard InChI is InChI=1S/C14H9N3O4/c15-9-10-6-7-12(13(8-10)17(19)20)16-14(18)21-11-4-2-1-3-5-11/h1-8H,(H,16,18). The van der Waals surface area contributed by atoms with Crippen LogP contribution in [-0.2, 0) is 0 Å². The third kappa shape index (κ3) is 3.54. The van der Waals surface area contributed by atoms with Crippen molar-refractivity contribution in [1.29, 1.82) is 5.26 Å². The Hall–Kier alpha value is -3.40. The molecule has 21 heavy (non-hydrogen) atoms. The van der Waals surface area contributed by atoms with Gasteiger partial charge in [0, 0.05) is 6.07 Å². The van der Waals surface area contributed by atoms with Crippen LogP contribution in [0.25, 0.3) is 0 Å². The van der Waals surface area contributed by atoms with Gasteiger partial charge >= 0.3 is 6.09 Å². The van der Waals surface area contributed by atoms with Crippen molar-refractivity contribution in [3.8, 4) is 11.8 Å². The van der Waals surface area contributed by atoms with Gasteiger partial charge in [0.05, 0.1) is 16.6 Å². The number of nitrogens with zero attached hydrogens (tertiary/aromatic N) is 2. The molecule has 0 spiro atoms. The Balaban J connectivity index is 2.18. The molecule has 0 aliphatic rings. The van der Waals surface area contributed by atoms with Crippen LogP contribution in [0.15, 0.2) is 48.5 Å². The van der Waals surface area contributed by atoms with Crippen LogP contribution in [0.5, 0.6) is 5.75 Å². The molecule has 104 valence electrons. The lowest BCUT2D eigenvalue weighted by molar-refractivity contribution is -0.383. The molecule has 0 radical (unpaired) electrons. The van der Waals surface area contributed by atoms with E-state index in [9.17, 15) is 14.9 Å². The molecule has 0 saturated carbocycles. The molecule has 0 heterocycles. The molecular weight excluding hydrogens is 274 g/mol. The minimum absolute atomic E-state index is 0.0417. The number of carbonyl (C=O) groups excluding carboxylic acids is 1. The predicted molar refractivity (Wildman–Crippen MR) is 73.9 cm³/mol. The van der Waals surface area contributed by atoms with Crippen LogP contribution in [-0.4, -0.2) is 11.0 Å². The molecule has 2 aromatic carbocycles. The molecule has 0 atom stereocenters. The summed E-state index contributed by atoms with van der Waals surface area (Å²) in [6, 6.07) is 13.8. The zero-order valence-electron chi connectivity index (χ0n) is 10.6. The summed E-state index contributed by atoms with van der Waals surface area (Å²) in [4.78, 5) is 21.9. The van der Waals surface area contributed by atoms with E-state index in [4.69, 9.17) is 10.00 Å². The first kappa shape index (κ1) is 14.0. The summed E-state index contributed by atoms with van der Waals surface area (Å²) in [5.41, 5.74) is -0.289. The fraction of sp³-hybridized carbons (Fsp3) is 0. The highest BCUT2D eigenvalue weighted by Crippen LogP contribution is 2.25. The Morgan fingerprint density at radius 3 is 2.57 bits per heavy atom. The second-order valence-electron chi connectivity index (χ2n) is 3.93. The number of para-hydroxylation sites is 1. The number of hydrogen-bond acceptors (Lipinski definition) is 5. The van der Waals surface area contributed by atoms with Crippen LogP contribution >= 0.6 is 0 Å². The Morgan fingerprint density at radius 1 is 1.24 bits per heavy atom. The molecule has 2 aromatic rings. The first-order valence-corrected chi connectivity index (χ1v) is 5.82. The average Bonchev–Trinajstić information content (AvgIpc) is 2.48. The number of rotatable bonds is 3. The summed E-state index contributed by atoms with van der Waals surface area (Å²) in [5.74, 6) is 0.311. The van der Waals surface area contributed by atoms with Gasteiger partial charge in [0.2, 0.25) is 0 Å². The van der Waals surface area contributed by atoms with Gasteiger partial charge in [-0.1, -0.05) is 18.2 Å². The Labute approximate surface area is 119 Å². The molecule has 7 nitrogen and oxygen atoms in total. The largest absolute Gasteiger partial charge is 0.417 e. The van der Waals surface area contributed by atoms with E-state index < -0.39 is 11.0 Å². The van der Waals surface area contributed by atoms with E-state index in [1.54, 1.807) is 36.4 Å². The van der Waals surface area contributed by atoms with Crippen LogP contribution in [0, 0.1) is 21.4 Å². The van der Waals surface area contributed by atoms with Crippen molar-refractivity contribution in [2.24, 2.45) is 0 Å². The fourth-order valence-corrected chi connectivity index (χ4v) is 1.59. The lowest BCUT2D eigenvalue weighted by Crippen LogP contribution is -2.17. The summed E-state index contributed by atoms with van der Waals surface area (Å²) in [7, 11) is 0. The van der Waals surface area contributed by atoms with Crippen molar-refractivity contribution >= 4 is 17.5 Å². The topological polar surface area (TPSA) is 105 Å². The molecule has 0 saturated heterocycles. The van der Waals surface area contributed by atoms with Crippen molar-refractivity contribution in [2.45, 2.75) is 0 Å². The van der Waals surface area contributed by atoms with E-state index in [-0.39, 0.29) is 16.9 Å². The normalized spacial score (nSPS) is 9.48. The Kier molecular flexibility index (Phi) is 4.11. The van der Waals surface area contributed by atoms with Gasteiger partial charge in [0.1, 0.15) is 11.4 Å². The van der Waals surface area contributed by atoms with Gasteiger partial charge in [-0.05, 0) is 24.3 Å². The molecule has 0 aliphatic carbocycles. The molecule has 0 aliphatic heterocycles. The molecule has 7 heteroatoms. The maximum Gasteiger partial charge on any atom is 0.417 e. The molecular formula is C14H9N3O4. The summed E-state index contributed by atoms with van der Waals surface area (Å²) < 4.78 is 4.97. The number of benzene rings is 2. The smallest absolute Gasteiger partial charge is 0.410 e. The van der Waals surface area contributed by atoms with Crippen LogP contribution in [0.1, 0.15) is 5.56 Å². The highest BCUT2D eigenvalue weighted by molar-refractivity contribution is 5.89. The van der Waals surface area contributed by atoms with Crippen molar-refractivity contribution < 1.29 is 14.5 Å². The van der Waals surface area contributed by atoms with Gasteiger partial charge in [-0.15, -0.1) is 0 Å². The zero-order valence-corrected chi connectivity index (χ0v) is 10.6. The Bertz CT molecular complexity index is 723. The van der Waals surface area contributed by atoms with Gasteiger partial charge in [-0.2, -0.15) is 5.26 Å². The number of nitro groups is 1. The number of hydrogen-bond donors (Lipinski definition) is 1. The second-order valence-corrected chi connectivity index (χ2v) is 3.93. The van der Waals surface area contributed by atoms with Gasteiger partial charge in [0.15, 0.2) is 0 Å². The number of nitro benzene ring substituents is 1. The molecule has 2 rings (SSSR count). The number of nitriles is 1. The van der Waals surface area contributed by atoms with E-state index in [1.165, 1.54) is 12.1 Å². The molecule has 0 aromatic heterocycles. The first-order chi connectivity index (χ1) is 10.1. The van der Waals surface area contributed by atoms with E-state index >= 15 is 0 Å². The van der Waals surface area contributed by atoms with Gasteiger partial charge in [0.25, 0.3) is 5.69 Å². The van der Waals surface area contributed by atoms with Crippen molar-refractivity contribution in [3.63, 3.8) is 0 Å². The van der Waals surface area contributed by atoms with Gasteiger partial charge < -0.3 is 4.74 Å². The summed E-state index contributed by atoms with van der Waals surface area (Å²) in [5, 5.41) is 21.9. The predicted octanol–water partition coefficient (Wildman–Crippen LogP) is 3.08. The van der Waals surface area contributed by atoms with Crippen molar-refractivity contribution in [1.82, 2.24) is 0 Å². The average molecular weight is 283 g/mol. The van der Waals surface area contributed by atoms with Crippen LogP contribution < -0.4 is 10.1 Å². The van der Waals surface area contributed by atoms with E-state index in [2.05, 4.69) is 5.32 Å². The lowest BCUT2D eigenvalue weighted by Gasteiger charge is -2.07. The number of nitrogens with one attached hydrogen (secondary N) is 1. The van der Waals surface area contributed by atoms with Crippen molar-refractivity contribution in [3.05, 3.63) is 64.2 Å². The lowest BCUT2D eigenvalue weighted by atomic mass is 10.2. The van der Waals surface area contributed by atoms with Crippen molar-refractivity contribution in [2.75, 3.05) is 5.32 Å². The number of amides is 1. The number of anilines is 1. The maximum absolute atomic E-state index is 11.7. The third-order valence-corrected chi connectivity index (χ3v) is 2.51.